The Labute approximate surface area is 223 Å². The molecule has 3 aromatic rings. The number of rotatable bonds is 3. The van der Waals surface area contributed by atoms with E-state index in [1.165, 1.54) is 0 Å². The molecular weight excluding hydrogens is 615 g/mol. The predicted octanol–water partition coefficient (Wildman–Crippen LogP) is 7.90. The van der Waals surface area contributed by atoms with Gasteiger partial charge in [0.05, 0.1) is 5.69 Å². The number of hydrogen-bond acceptors (Lipinski definition) is 3. The van der Waals surface area contributed by atoms with Crippen LogP contribution in [0, 0.1) is 5.41 Å². The Bertz CT molecular complexity index is 1280. The molecular formula is C30H33N2O2Pt-. The third-order valence-electron chi connectivity index (χ3n) is 6.15. The molecule has 5 heteroatoms. The molecule has 2 heterocycles. The van der Waals surface area contributed by atoms with Crippen molar-refractivity contribution < 1.29 is 31.3 Å². The average Bonchev–Trinajstić information content (AvgIpc) is 2.78. The van der Waals surface area contributed by atoms with Crippen LogP contribution in [0.3, 0.4) is 0 Å². The van der Waals surface area contributed by atoms with Crippen LogP contribution in [-0.4, -0.2) is 15.2 Å². The fourth-order valence-electron chi connectivity index (χ4n) is 4.01. The van der Waals surface area contributed by atoms with Gasteiger partial charge in [0, 0.05) is 37.9 Å². The van der Waals surface area contributed by atoms with E-state index in [-0.39, 0.29) is 49.4 Å². The fourth-order valence-corrected chi connectivity index (χ4v) is 4.01. The van der Waals surface area contributed by atoms with Gasteiger partial charge in [-0.15, -0.1) is 5.70 Å². The largest absolute Gasteiger partial charge is 0.673 e. The van der Waals surface area contributed by atoms with Gasteiger partial charge in [0.2, 0.25) is 0 Å². The minimum Gasteiger partial charge on any atom is -0.673 e. The molecule has 1 atom stereocenters. The summed E-state index contributed by atoms with van der Waals surface area (Å²) in [4.78, 5) is 4.98. The number of phenolic OH excluding ortho intramolecular Hbond substituents is 2. The summed E-state index contributed by atoms with van der Waals surface area (Å²) in [6, 6.07) is 18.4. The SMILES string of the molecule is CC(C)(C)C1=CC(c2cc(C(C)(C)C)cc(-c3ccccc3O)n2)[N-]C(c2ccccc2O)=C1.[Pt]. The van der Waals surface area contributed by atoms with Crippen LogP contribution in [0.25, 0.3) is 22.3 Å². The predicted molar refractivity (Wildman–Crippen MR) is 140 cm³/mol. The van der Waals surface area contributed by atoms with Gasteiger partial charge in [-0.2, -0.15) is 0 Å². The van der Waals surface area contributed by atoms with E-state index in [9.17, 15) is 10.2 Å². The van der Waals surface area contributed by atoms with Crippen LogP contribution in [-0.2, 0) is 26.5 Å². The van der Waals surface area contributed by atoms with E-state index >= 15 is 0 Å². The Hall–Kier alpha value is -2.84. The number of nitrogens with zero attached hydrogens (tertiary/aromatic N) is 2. The molecule has 0 aliphatic carbocycles. The molecule has 1 unspecified atom stereocenters. The maximum atomic E-state index is 10.5. The second kappa shape index (κ2) is 10.0. The van der Waals surface area contributed by atoms with Crippen molar-refractivity contribution in [3.8, 4) is 22.8 Å². The van der Waals surface area contributed by atoms with Crippen molar-refractivity contribution in [2.24, 2.45) is 5.41 Å². The quantitative estimate of drug-likeness (QED) is 0.304. The van der Waals surface area contributed by atoms with Crippen molar-refractivity contribution >= 4 is 5.70 Å². The van der Waals surface area contributed by atoms with Crippen molar-refractivity contribution in [3.05, 3.63) is 101 Å². The van der Waals surface area contributed by atoms with E-state index in [1.54, 1.807) is 12.1 Å². The zero-order valence-corrected chi connectivity index (χ0v) is 23.4. The molecule has 0 bridgehead atoms. The zero-order valence-electron chi connectivity index (χ0n) is 21.1. The van der Waals surface area contributed by atoms with E-state index in [4.69, 9.17) is 10.3 Å². The smallest absolute Gasteiger partial charge is 0.124 e. The Morgan fingerprint density at radius 1 is 0.771 bits per heavy atom. The minimum absolute atomic E-state index is 0. The molecule has 35 heavy (non-hydrogen) atoms. The summed E-state index contributed by atoms with van der Waals surface area (Å²) in [7, 11) is 0. The number of hydrogen-bond donors (Lipinski definition) is 2. The first kappa shape index (κ1) is 26.8. The molecule has 1 aromatic heterocycles. The fraction of sp³-hybridized carbons (Fsp3) is 0.300. The summed E-state index contributed by atoms with van der Waals surface area (Å²) in [6.45, 7) is 13.0. The van der Waals surface area contributed by atoms with Gasteiger partial charge in [0.1, 0.15) is 11.5 Å². The molecule has 0 saturated heterocycles. The Kier molecular flexibility index (Phi) is 7.67. The van der Waals surface area contributed by atoms with Gasteiger partial charge in [0.15, 0.2) is 0 Å². The molecule has 1 aliphatic rings. The van der Waals surface area contributed by atoms with Crippen molar-refractivity contribution in [2.45, 2.75) is 53.0 Å². The number of benzene rings is 2. The average molecular weight is 649 g/mol. The molecule has 4 rings (SSSR count). The number of phenols is 2. The number of aromatic nitrogens is 1. The van der Waals surface area contributed by atoms with Gasteiger partial charge in [-0.3, -0.25) is 4.98 Å². The summed E-state index contributed by atoms with van der Waals surface area (Å²) in [5.41, 5.74) is 5.71. The molecule has 0 saturated carbocycles. The summed E-state index contributed by atoms with van der Waals surface area (Å²) >= 11 is 0. The van der Waals surface area contributed by atoms with E-state index < -0.39 is 0 Å². The normalized spacial score (nSPS) is 16.0. The van der Waals surface area contributed by atoms with E-state index in [2.05, 4.69) is 65.8 Å². The van der Waals surface area contributed by atoms with E-state index in [0.717, 1.165) is 28.2 Å². The molecule has 186 valence electrons. The molecule has 1 aliphatic heterocycles. The Morgan fingerprint density at radius 2 is 1.34 bits per heavy atom. The van der Waals surface area contributed by atoms with Gasteiger partial charge >= 0.3 is 0 Å². The van der Waals surface area contributed by atoms with Crippen molar-refractivity contribution in [2.75, 3.05) is 0 Å². The molecule has 0 fully saturated rings. The number of aromatic hydroxyl groups is 2. The van der Waals surface area contributed by atoms with Gasteiger partial charge in [0.25, 0.3) is 0 Å². The van der Waals surface area contributed by atoms with Crippen LogP contribution in [0.2, 0.25) is 0 Å². The van der Waals surface area contributed by atoms with Crippen LogP contribution in [0.4, 0.5) is 0 Å². The van der Waals surface area contributed by atoms with Crippen LogP contribution in [0.5, 0.6) is 11.5 Å². The standard InChI is InChI=1S/C30H33N2O2.Pt/c1-29(2,3)19-15-23(21-11-7-9-13-27(21)33)31-25(17-19)26-18-20(30(4,5)6)16-24(32-26)22-12-8-10-14-28(22)34;/h7-18,25,33H,1-6H3,(H,32,34);/q-1;. The molecule has 4 nitrogen and oxygen atoms in total. The van der Waals surface area contributed by atoms with Crippen LogP contribution < -0.4 is 0 Å². The van der Waals surface area contributed by atoms with Gasteiger partial charge in [-0.05, 0) is 52.3 Å². The number of para-hydroxylation sites is 2. The Balaban J connectivity index is 0.00000342. The minimum atomic E-state index is -0.319. The van der Waals surface area contributed by atoms with Crippen LogP contribution in [0.15, 0.2) is 78.4 Å². The summed E-state index contributed by atoms with van der Waals surface area (Å²) in [5.74, 6) is 0.408. The van der Waals surface area contributed by atoms with Crippen molar-refractivity contribution in [1.82, 2.24) is 4.98 Å². The van der Waals surface area contributed by atoms with Crippen molar-refractivity contribution in [1.29, 1.82) is 0 Å². The summed E-state index contributed by atoms with van der Waals surface area (Å²) < 4.78 is 0. The third-order valence-corrected chi connectivity index (χ3v) is 6.15. The number of pyridine rings is 1. The topological polar surface area (TPSA) is 67.5 Å². The van der Waals surface area contributed by atoms with Gasteiger partial charge < -0.3 is 15.5 Å². The number of allylic oxidation sites excluding steroid dienone is 2. The molecule has 2 aromatic carbocycles. The first-order valence-corrected chi connectivity index (χ1v) is 11.7. The molecule has 0 spiro atoms. The summed E-state index contributed by atoms with van der Waals surface area (Å²) in [6.07, 6.45) is 4.22. The first-order valence-electron chi connectivity index (χ1n) is 11.7. The third kappa shape index (κ3) is 5.87. The second-order valence-corrected chi connectivity index (χ2v) is 10.9. The summed E-state index contributed by atoms with van der Waals surface area (Å²) in [5, 5.41) is 26.1. The van der Waals surface area contributed by atoms with Crippen LogP contribution in [0.1, 0.15) is 64.4 Å². The zero-order chi connectivity index (χ0) is 24.7. The molecule has 0 amide bonds. The maximum absolute atomic E-state index is 10.5. The van der Waals surface area contributed by atoms with E-state index in [1.807, 2.05) is 36.4 Å². The molecule has 2 N–H and O–H groups in total. The second-order valence-electron chi connectivity index (χ2n) is 10.9. The van der Waals surface area contributed by atoms with Crippen molar-refractivity contribution in [3.63, 3.8) is 0 Å². The van der Waals surface area contributed by atoms with E-state index in [0.29, 0.717) is 11.1 Å². The monoisotopic (exact) mass is 648 g/mol. The molecule has 0 radical (unpaired) electrons. The van der Waals surface area contributed by atoms with Gasteiger partial charge in [-0.1, -0.05) is 90.1 Å². The van der Waals surface area contributed by atoms with Gasteiger partial charge in [-0.25, -0.2) is 0 Å². The first-order chi connectivity index (χ1) is 15.9. The Morgan fingerprint density at radius 3 is 1.89 bits per heavy atom. The maximum Gasteiger partial charge on any atom is 0.124 e. The van der Waals surface area contributed by atoms with Crippen LogP contribution >= 0.6 is 0 Å².